The number of halogens is 1. The minimum atomic E-state index is -0.0267. The van der Waals surface area contributed by atoms with Gasteiger partial charge in [0.1, 0.15) is 11.3 Å². The Labute approximate surface area is 101 Å². The first-order valence-electron chi connectivity index (χ1n) is 5.90. The Kier molecular flexibility index (Phi) is 3.77. The number of hydrogen-bond donors (Lipinski definition) is 0. The first kappa shape index (κ1) is 11.8. The lowest BCUT2D eigenvalue weighted by Gasteiger charge is -2.14. The summed E-state index contributed by atoms with van der Waals surface area (Å²) < 4.78 is 5.60. The van der Waals surface area contributed by atoms with Crippen LogP contribution in [0.3, 0.4) is 0 Å². The van der Waals surface area contributed by atoms with Crippen molar-refractivity contribution in [3.05, 3.63) is 22.7 Å². The quantitative estimate of drug-likeness (QED) is 0.739. The molecule has 1 aliphatic rings. The Hall–Kier alpha value is -0.670. The van der Waals surface area contributed by atoms with Crippen molar-refractivity contribution in [1.82, 2.24) is 9.97 Å². The van der Waals surface area contributed by atoms with Crippen LogP contribution in [-0.4, -0.2) is 16.6 Å². The molecule has 1 unspecified atom stereocenters. The van der Waals surface area contributed by atoms with Gasteiger partial charge in [-0.1, -0.05) is 18.5 Å². The van der Waals surface area contributed by atoms with Crippen molar-refractivity contribution in [1.29, 1.82) is 0 Å². The predicted molar refractivity (Wildman–Crippen MR) is 63.7 cm³/mol. The van der Waals surface area contributed by atoms with E-state index < -0.39 is 0 Å². The SMILES string of the molecule is CCOC(CC)c1nc(Cl)cc(C2CC2)n1. The highest BCUT2D eigenvalue weighted by Gasteiger charge is 2.27. The highest BCUT2D eigenvalue weighted by atomic mass is 35.5. The van der Waals surface area contributed by atoms with E-state index in [1.54, 1.807) is 0 Å². The first-order valence-corrected chi connectivity index (χ1v) is 6.28. The lowest BCUT2D eigenvalue weighted by atomic mass is 10.2. The summed E-state index contributed by atoms with van der Waals surface area (Å²) in [6.45, 7) is 4.73. The van der Waals surface area contributed by atoms with Crippen LogP contribution >= 0.6 is 11.6 Å². The molecule has 2 rings (SSSR count). The lowest BCUT2D eigenvalue weighted by molar-refractivity contribution is 0.0533. The lowest BCUT2D eigenvalue weighted by Crippen LogP contribution is -2.09. The van der Waals surface area contributed by atoms with Crippen LogP contribution in [0, 0.1) is 0 Å². The molecule has 3 nitrogen and oxygen atoms in total. The van der Waals surface area contributed by atoms with Crippen molar-refractivity contribution < 1.29 is 4.74 Å². The molecular formula is C12H17ClN2O. The van der Waals surface area contributed by atoms with E-state index in [2.05, 4.69) is 16.9 Å². The van der Waals surface area contributed by atoms with Crippen LogP contribution in [-0.2, 0) is 4.74 Å². The summed E-state index contributed by atoms with van der Waals surface area (Å²) in [5.41, 5.74) is 1.08. The zero-order chi connectivity index (χ0) is 11.5. The Bertz CT molecular complexity index is 366. The predicted octanol–water partition coefficient (Wildman–Crippen LogP) is 3.50. The molecule has 1 atom stereocenters. The fourth-order valence-corrected chi connectivity index (χ4v) is 1.96. The Morgan fingerprint density at radius 1 is 1.44 bits per heavy atom. The number of rotatable bonds is 5. The maximum absolute atomic E-state index is 6.02. The van der Waals surface area contributed by atoms with E-state index in [0.29, 0.717) is 17.7 Å². The maximum Gasteiger partial charge on any atom is 0.159 e. The molecule has 1 saturated carbocycles. The topological polar surface area (TPSA) is 35.0 Å². The number of aromatic nitrogens is 2. The summed E-state index contributed by atoms with van der Waals surface area (Å²) in [6.07, 6.45) is 3.29. The van der Waals surface area contributed by atoms with Crippen molar-refractivity contribution in [3.8, 4) is 0 Å². The van der Waals surface area contributed by atoms with Gasteiger partial charge in [0.2, 0.25) is 0 Å². The molecule has 0 aliphatic heterocycles. The molecule has 0 bridgehead atoms. The molecule has 0 saturated heterocycles. The minimum Gasteiger partial charge on any atom is -0.371 e. The third-order valence-electron chi connectivity index (χ3n) is 2.75. The van der Waals surface area contributed by atoms with Gasteiger partial charge < -0.3 is 4.74 Å². The summed E-state index contributed by atoms with van der Waals surface area (Å²) in [5.74, 6) is 1.33. The zero-order valence-corrected chi connectivity index (χ0v) is 10.5. The average Bonchev–Trinajstić information content (AvgIpc) is 3.08. The number of ether oxygens (including phenoxy) is 1. The van der Waals surface area contributed by atoms with Gasteiger partial charge in [-0.2, -0.15) is 0 Å². The summed E-state index contributed by atoms with van der Waals surface area (Å²) in [6, 6.07) is 1.88. The standard InChI is InChI=1S/C12H17ClN2O/c1-3-10(16-4-2)12-14-9(8-5-6-8)7-11(13)15-12/h7-8,10H,3-6H2,1-2H3. The van der Waals surface area contributed by atoms with Crippen LogP contribution in [0.2, 0.25) is 5.15 Å². The molecule has 1 fully saturated rings. The van der Waals surface area contributed by atoms with Crippen LogP contribution in [0.4, 0.5) is 0 Å². The van der Waals surface area contributed by atoms with Crippen LogP contribution in [0.15, 0.2) is 6.07 Å². The fraction of sp³-hybridized carbons (Fsp3) is 0.667. The van der Waals surface area contributed by atoms with E-state index in [4.69, 9.17) is 16.3 Å². The Morgan fingerprint density at radius 2 is 2.19 bits per heavy atom. The molecule has 1 heterocycles. The third-order valence-corrected chi connectivity index (χ3v) is 2.95. The minimum absolute atomic E-state index is 0.0267. The second-order valence-electron chi connectivity index (χ2n) is 4.10. The van der Waals surface area contributed by atoms with Crippen LogP contribution in [0.5, 0.6) is 0 Å². The molecule has 0 radical (unpaired) electrons. The number of nitrogens with zero attached hydrogens (tertiary/aromatic N) is 2. The summed E-state index contributed by atoms with van der Waals surface area (Å²) in [4.78, 5) is 8.83. The Balaban J connectivity index is 2.24. The average molecular weight is 241 g/mol. The summed E-state index contributed by atoms with van der Waals surface area (Å²) >= 11 is 6.02. The summed E-state index contributed by atoms with van der Waals surface area (Å²) in [7, 11) is 0. The first-order chi connectivity index (χ1) is 7.74. The fourth-order valence-electron chi connectivity index (χ4n) is 1.76. The van der Waals surface area contributed by atoms with Gasteiger partial charge in [-0.15, -0.1) is 0 Å². The molecule has 88 valence electrons. The van der Waals surface area contributed by atoms with E-state index in [-0.39, 0.29) is 6.10 Å². The molecule has 1 aliphatic carbocycles. The zero-order valence-electron chi connectivity index (χ0n) is 9.74. The second kappa shape index (κ2) is 5.11. The van der Waals surface area contributed by atoms with E-state index in [1.807, 2.05) is 13.0 Å². The van der Waals surface area contributed by atoms with Crippen molar-refractivity contribution in [2.24, 2.45) is 0 Å². The van der Waals surface area contributed by atoms with Crippen molar-refractivity contribution >= 4 is 11.6 Å². The van der Waals surface area contributed by atoms with Crippen molar-refractivity contribution in [2.75, 3.05) is 6.61 Å². The van der Waals surface area contributed by atoms with Crippen LogP contribution in [0.25, 0.3) is 0 Å². The monoisotopic (exact) mass is 240 g/mol. The van der Waals surface area contributed by atoms with Gasteiger partial charge in [0, 0.05) is 18.2 Å². The molecule has 0 spiro atoms. The molecule has 0 aromatic carbocycles. The highest BCUT2D eigenvalue weighted by molar-refractivity contribution is 6.29. The molecule has 1 aromatic heterocycles. The van der Waals surface area contributed by atoms with Gasteiger partial charge in [0.25, 0.3) is 0 Å². The van der Waals surface area contributed by atoms with Gasteiger partial charge in [-0.05, 0) is 32.3 Å². The van der Waals surface area contributed by atoms with Gasteiger partial charge >= 0.3 is 0 Å². The van der Waals surface area contributed by atoms with Crippen LogP contribution < -0.4 is 0 Å². The second-order valence-corrected chi connectivity index (χ2v) is 4.49. The van der Waals surface area contributed by atoms with E-state index >= 15 is 0 Å². The smallest absolute Gasteiger partial charge is 0.159 e. The molecule has 1 aromatic rings. The molecule has 16 heavy (non-hydrogen) atoms. The van der Waals surface area contributed by atoms with Crippen molar-refractivity contribution in [3.63, 3.8) is 0 Å². The van der Waals surface area contributed by atoms with Crippen LogP contribution in [0.1, 0.15) is 56.7 Å². The van der Waals surface area contributed by atoms with E-state index in [1.165, 1.54) is 12.8 Å². The maximum atomic E-state index is 6.02. The molecular weight excluding hydrogens is 224 g/mol. The molecule has 0 amide bonds. The van der Waals surface area contributed by atoms with Gasteiger partial charge in [0.05, 0.1) is 0 Å². The summed E-state index contributed by atoms with van der Waals surface area (Å²) in [5, 5.41) is 0.532. The van der Waals surface area contributed by atoms with Gasteiger partial charge in [-0.25, -0.2) is 9.97 Å². The van der Waals surface area contributed by atoms with E-state index in [0.717, 1.165) is 17.9 Å². The normalized spacial score (nSPS) is 17.4. The third kappa shape index (κ3) is 2.71. The number of hydrogen-bond acceptors (Lipinski definition) is 3. The van der Waals surface area contributed by atoms with Gasteiger partial charge in [0.15, 0.2) is 5.82 Å². The van der Waals surface area contributed by atoms with Crippen molar-refractivity contribution in [2.45, 2.75) is 45.1 Å². The largest absolute Gasteiger partial charge is 0.371 e. The van der Waals surface area contributed by atoms with E-state index in [9.17, 15) is 0 Å². The van der Waals surface area contributed by atoms with Gasteiger partial charge in [-0.3, -0.25) is 0 Å². The molecule has 0 N–H and O–H groups in total. The highest BCUT2D eigenvalue weighted by Crippen LogP contribution is 2.39. The Morgan fingerprint density at radius 3 is 2.75 bits per heavy atom. The molecule has 4 heteroatoms.